The van der Waals surface area contributed by atoms with E-state index in [2.05, 4.69) is 15.6 Å². The van der Waals surface area contributed by atoms with Crippen molar-refractivity contribution in [1.29, 1.82) is 0 Å². The summed E-state index contributed by atoms with van der Waals surface area (Å²) < 4.78 is 33.7. The molecule has 1 heterocycles. The van der Waals surface area contributed by atoms with E-state index in [1.54, 1.807) is 4.90 Å². The van der Waals surface area contributed by atoms with Gasteiger partial charge in [0.2, 0.25) is 10.0 Å². The van der Waals surface area contributed by atoms with Crippen LogP contribution in [0.1, 0.15) is 48.5 Å². The van der Waals surface area contributed by atoms with E-state index >= 15 is 0 Å². The Morgan fingerprint density at radius 3 is 2.43 bits per heavy atom. The minimum Gasteiger partial charge on any atom is -0.444 e. The molecule has 0 bridgehead atoms. The van der Waals surface area contributed by atoms with Crippen LogP contribution >= 0.6 is 0 Å². The summed E-state index contributed by atoms with van der Waals surface area (Å²) in [6.07, 6.45) is -0.715. The number of guanidine groups is 1. The third-order valence-corrected chi connectivity index (χ3v) is 4.75. The van der Waals surface area contributed by atoms with Gasteiger partial charge in [-0.15, -0.1) is 0 Å². The Morgan fingerprint density at radius 1 is 1.32 bits per heavy atom. The third-order valence-electron chi connectivity index (χ3n) is 3.98. The first kappa shape index (κ1) is 24.4. The van der Waals surface area contributed by atoms with E-state index in [0.29, 0.717) is 12.5 Å². The molecule has 28 heavy (non-hydrogen) atoms. The van der Waals surface area contributed by atoms with Crippen LogP contribution in [0.2, 0.25) is 0 Å². The molecule has 0 aromatic rings. The van der Waals surface area contributed by atoms with Crippen molar-refractivity contribution < 1.29 is 22.7 Å². The van der Waals surface area contributed by atoms with Crippen molar-refractivity contribution in [3.63, 3.8) is 0 Å². The molecule has 1 fully saturated rings. The summed E-state index contributed by atoms with van der Waals surface area (Å²) >= 11 is 0. The van der Waals surface area contributed by atoms with Crippen molar-refractivity contribution >= 4 is 22.1 Å². The monoisotopic (exact) mass is 421 g/mol. The van der Waals surface area contributed by atoms with E-state index in [1.807, 2.05) is 48.5 Å². The number of nitrogens with one attached hydrogen (secondary N) is 2. The fraction of sp³-hybridized carbons (Fsp3) is 0.882. The van der Waals surface area contributed by atoms with Crippen molar-refractivity contribution in [2.75, 3.05) is 25.4 Å². The van der Waals surface area contributed by atoms with Crippen LogP contribution in [-0.4, -0.2) is 74.2 Å². The van der Waals surface area contributed by atoms with Crippen LogP contribution in [0.5, 0.6) is 0 Å². The van der Waals surface area contributed by atoms with E-state index in [-0.39, 0.29) is 31.0 Å². The van der Waals surface area contributed by atoms with Crippen LogP contribution in [0.15, 0.2) is 4.99 Å². The lowest BCUT2D eigenvalue weighted by Gasteiger charge is -2.34. The molecule has 0 spiro atoms. The summed E-state index contributed by atoms with van der Waals surface area (Å²) in [5.74, 6) is 0.226. The normalized spacial score (nSPS) is 22.9. The van der Waals surface area contributed by atoms with E-state index in [9.17, 15) is 13.2 Å². The van der Waals surface area contributed by atoms with Gasteiger partial charge in [0.1, 0.15) is 11.3 Å². The molecule has 2 unspecified atom stereocenters. The van der Waals surface area contributed by atoms with Crippen LogP contribution in [0.3, 0.4) is 0 Å². The average molecular weight is 422 g/mol. The topological polar surface area (TPSA) is 135 Å². The fourth-order valence-electron chi connectivity index (χ4n) is 2.93. The van der Waals surface area contributed by atoms with E-state index in [1.165, 1.54) is 0 Å². The first-order chi connectivity index (χ1) is 12.7. The largest absolute Gasteiger partial charge is 0.444 e. The maximum atomic E-state index is 12.7. The number of sulfonamides is 1. The van der Waals surface area contributed by atoms with Gasteiger partial charge in [-0.25, -0.2) is 18.4 Å². The number of aliphatic imine (C=N–C) groups is 1. The van der Waals surface area contributed by atoms with Gasteiger partial charge in [0, 0.05) is 13.1 Å². The summed E-state index contributed by atoms with van der Waals surface area (Å²) in [6.45, 7) is 13.8. The van der Waals surface area contributed by atoms with Gasteiger partial charge in [-0.2, -0.15) is 0 Å². The Balaban J connectivity index is 2.93. The predicted octanol–water partition coefficient (Wildman–Crippen LogP) is 0.591. The number of nitrogens with zero attached hydrogens (tertiary/aromatic N) is 2. The first-order valence-corrected chi connectivity index (χ1v) is 11.1. The Kier molecular flexibility index (Phi) is 8.10. The second-order valence-electron chi connectivity index (χ2n) is 8.20. The number of carbonyl (C=O) groups excluding carboxylic acids is 1. The molecular formula is C17H35N5O5S. The molecule has 0 aromatic heterocycles. The van der Waals surface area contributed by atoms with Crippen molar-refractivity contribution in [2.24, 2.45) is 10.1 Å². The Bertz CT molecular complexity index is 672. The molecule has 0 aromatic carbocycles. The lowest BCUT2D eigenvalue weighted by molar-refractivity contribution is -0.0755. The zero-order valence-corrected chi connectivity index (χ0v) is 18.7. The molecule has 0 radical (unpaired) electrons. The summed E-state index contributed by atoms with van der Waals surface area (Å²) in [5.41, 5.74) is -1.46. The number of nitrogens with two attached hydrogens (primary N) is 1. The Labute approximate surface area is 168 Å². The minimum atomic E-state index is -3.56. The molecule has 2 atom stereocenters. The molecule has 10 nitrogen and oxygen atoms in total. The highest BCUT2D eigenvalue weighted by Crippen LogP contribution is 2.33. The Hall–Kier alpha value is -1.59. The molecule has 11 heteroatoms. The average Bonchev–Trinajstić information content (AvgIpc) is 2.70. The van der Waals surface area contributed by atoms with Gasteiger partial charge in [0.25, 0.3) is 0 Å². The van der Waals surface area contributed by atoms with Gasteiger partial charge in [-0.1, -0.05) is 0 Å². The maximum absolute atomic E-state index is 12.7. The molecule has 1 amide bonds. The van der Waals surface area contributed by atoms with Crippen LogP contribution < -0.4 is 15.8 Å². The Morgan fingerprint density at radius 2 is 1.93 bits per heavy atom. The number of primary sulfonamides is 1. The molecule has 1 aliphatic rings. The van der Waals surface area contributed by atoms with Gasteiger partial charge < -0.3 is 20.1 Å². The second-order valence-corrected chi connectivity index (χ2v) is 9.93. The molecule has 0 saturated carbocycles. The first-order valence-electron chi connectivity index (χ1n) is 9.39. The van der Waals surface area contributed by atoms with Crippen LogP contribution in [0.25, 0.3) is 0 Å². The highest BCUT2D eigenvalue weighted by molar-refractivity contribution is 7.89. The standard InChI is InChI=1S/C17H35N5O5S/c1-8-19-14(20-9-10-28(18,24)25)21-11-13-12(2)26-17(6,7)22(13)15(23)27-16(3,4)5/h12-13H,8-11H2,1-7H3,(H2,18,24,25)(H2,19,20,21). The summed E-state index contributed by atoms with van der Waals surface area (Å²) in [5, 5.41) is 11.0. The number of hydrogen-bond acceptors (Lipinski definition) is 6. The second kappa shape index (κ2) is 9.27. The molecule has 1 aliphatic heterocycles. The van der Waals surface area contributed by atoms with E-state index in [4.69, 9.17) is 14.6 Å². The van der Waals surface area contributed by atoms with Crippen LogP contribution in [0.4, 0.5) is 4.79 Å². The number of amides is 1. The van der Waals surface area contributed by atoms with Gasteiger partial charge in [0.15, 0.2) is 5.96 Å². The number of rotatable bonds is 6. The lowest BCUT2D eigenvalue weighted by atomic mass is 10.1. The molecule has 0 aliphatic carbocycles. The molecular weight excluding hydrogens is 386 g/mol. The van der Waals surface area contributed by atoms with Crippen molar-refractivity contribution in [2.45, 2.75) is 71.9 Å². The SMILES string of the molecule is CCNC(=NCC1C(C)OC(C)(C)N1C(=O)OC(C)(C)C)NCCS(N)(=O)=O. The van der Waals surface area contributed by atoms with Gasteiger partial charge in [-0.3, -0.25) is 9.89 Å². The van der Waals surface area contributed by atoms with Crippen molar-refractivity contribution in [1.82, 2.24) is 15.5 Å². The fourth-order valence-corrected chi connectivity index (χ4v) is 3.32. The minimum absolute atomic E-state index is 0.128. The number of hydrogen-bond donors (Lipinski definition) is 3. The molecule has 164 valence electrons. The van der Waals surface area contributed by atoms with Crippen LogP contribution in [-0.2, 0) is 19.5 Å². The zero-order valence-electron chi connectivity index (χ0n) is 17.9. The smallest absolute Gasteiger partial charge is 0.412 e. The maximum Gasteiger partial charge on any atom is 0.412 e. The van der Waals surface area contributed by atoms with Gasteiger partial charge >= 0.3 is 6.09 Å². The molecule has 1 saturated heterocycles. The summed E-state index contributed by atoms with van der Waals surface area (Å²) in [7, 11) is -3.56. The van der Waals surface area contributed by atoms with E-state index < -0.39 is 27.4 Å². The highest BCUT2D eigenvalue weighted by atomic mass is 32.2. The van der Waals surface area contributed by atoms with E-state index in [0.717, 1.165) is 0 Å². The predicted molar refractivity (Wildman–Crippen MR) is 108 cm³/mol. The van der Waals surface area contributed by atoms with Crippen molar-refractivity contribution in [3.8, 4) is 0 Å². The summed E-state index contributed by atoms with van der Waals surface area (Å²) in [4.78, 5) is 18.8. The highest BCUT2D eigenvalue weighted by Gasteiger charge is 2.49. The zero-order chi connectivity index (χ0) is 21.8. The quantitative estimate of drug-likeness (QED) is 0.422. The third kappa shape index (κ3) is 7.80. The number of carbonyl (C=O) groups is 1. The molecule has 4 N–H and O–H groups in total. The van der Waals surface area contributed by atoms with Crippen molar-refractivity contribution in [3.05, 3.63) is 0 Å². The molecule has 1 rings (SSSR count). The van der Waals surface area contributed by atoms with Gasteiger partial charge in [-0.05, 0) is 48.5 Å². The van der Waals surface area contributed by atoms with Crippen LogP contribution in [0, 0.1) is 0 Å². The summed E-state index contributed by atoms with van der Waals surface area (Å²) in [6, 6.07) is -0.335. The number of ether oxygens (including phenoxy) is 2. The lowest BCUT2D eigenvalue weighted by Crippen LogP contribution is -2.51. The van der Waals surface area contributed by atoms with Gasteiger partial charge in [0.05, 0.1) is 24.4 Å².